The molecule has 2 atom stereocenters. The van der Waals surface area contributed by atoms with Gasteiger partial charge < -0.3 is 4.90 Å². The van der Waals surface area contributed by atoms with E-state index in [4.69, 9.17) is 11.6 Å². The number of likely N-dealkylation sites (tertiary alicyclic amines) is 1. The third kappa shape index (κ3) is 2.27. The van der Waals surface area contributed by atoms with Crippen molar-refractivity contribution >= 4 is 28.4 Å². The van der Waals surface area contributed by atoms with Crippen LogP contribution in [0.3, 0.4) is 0 Å². The Morgan fingerprint density at radius 1 is 1.35 bits per heavy atom. The van der Waals surface area contributed by atoms with Crippen LogP contribution in [-0.2, 0) is 0 Å². The van der Waals surface area contributed by atoms with E-state index in [9.17, 15) is 4.79 Å². The van der Waals surface area contributed by atoms with Crippen molar-refractivity contribution in [3.63, 3.8) is 0 Å². The highest BCUT2D eigenvalue weighted by molar-refractivity contribution is 6.35. The third-order valence-corrected chi connectivity index (χ3v) is 4.24. The first-order valence-electron chi connectivity index (χ1n) is 6.92. The number of para-hydroxylation sites is 1. The van der Waals surface area contributed by atoms with Crippen LogP contribution in [0.1, 0.15) is 30.8 Å². The van der Waals surface area contributed by atoms with Crippen LogP contribution >= 0.6 is 11.6 Å². The van der Waals surface area contributed by atoms with Crippen LogP contribution < -0.4 is 0 Å². The predicted octanol–water partition coefficient (Wildman–Crippen LogP) is 3.76. The first kappa shape index (κ1) is 13.4. The fraction of sp³-hybridized carbons (Fsp3) is 0.375. The number of aromatic nitrogens is 1. The van der Waals surface area contributed by atoms with Crippen LogP contribution in [0.15, 0.2) is 30.3 Å². The molecule has 0 radical (unpaired) electrons. The first-order chi connectivity index (χ1) is 9.56. The van der Waals surface area contributed by atoms with Gasteiger partial charge in [0.25, 0.3) is 5.91 Å². The summed E-state index contributed by atoms with van der Waals surface area (Å²) in [7, 11) is 0. The molecule has 0 bridgehead atoms. The van der Waals surface area contributed by atoms with Gasteiger partial charge in [0, 0.05) is 18.0 Å². The molecule has 0 saturated carbocycles. The van der Waals surface area contributed by atoms with Gasteiger partial charge in [0.15, 0.2) is 0 Å². The van der Waals surface area contributed by atoms with Gasteiger partial charge in [0.2, 0.25) is 0 Å². The Labute approximate surface area is 123 Å². The van der Waals surface area contributed by atoms with Crippen molar-refractivity contribution in [1.82, 2.24) is 9.88 Å². The molecule has 2 heterocycles. The molecule has 20 heavy (non-hydrogen) atoms. The van der Waals surface area contributed by atoms with Crippen molar-refractivity contribution in [3.8, 4) is 0 Å². The maximum atomic E-state index is 12.6. The van der Waals surface area contributed by atoms with Crippen LogP contribution in [0.4, 0.5) is 0 Å². The van der Waals surface area contributed by atoms with Crippen LogP contribution in [0.2, 0.25) is 5.02 Å². The molecule has 1 aromatic heterocycles. The second-order valence-corrected chi connectivity index (χ2v) is 6.06. The number of hydrogen-bond donors (Lipinski definition) is 0. The lowest BCUT2D eigenvalue weighted by Gasteiger charge is -2.21. The molecule has 2 aromatic rings. The first-order valence-corrected chi connectivity index (χ1v) is 7.30. The molecule has 2 unspecified atom stereocenters. The smallest absolute Gasteiger partial charge is 0.272 e. The summed E-state index contributed by atoms with van der Waals surface area (Å²) in [5.74, 6) is 0.527. The average Bonchev–Trinajstić information content (AvgIpc) is 2.77. The molecule has 0 aliphatic carbocycles. The molecule has 0 N–H and O–H groups in total. The number of fused-ring (bicyclic) bond motifs is 1. The van der Waals surface area contributed by atoms with Crippen LogP contribution in [0.25, 0.3) is 10.9 Å². The van der Waals surface area contributed by atoms with Gasteiger partial charge in [-0.2, -0.15) is 0 Å². The van der Waals surface area contributed by atoms with E-state index in [-0.39, 0.29) is 11.9 Å². The Balaban J connectivity index is 2.00. The second kappa shape index (κ2) is 5.06. The van der Waals surface area contributed by atoms with E-state index < -0.39 is 0 Å². The highest BCUT2D eigenvalue weighted by Gasteiger charge is 2.31. The van der Waals surface area contributed by atoms with Gasteiger partial charge in [-0.25, -0.2) is 4.98 Å². The highest BCUT2D eigenvalue weighted by atomic mass is 35.5. The van der Waals surface area contributed by atoms with Crippen molar-refractivity contribution in [2.75, 3.05) is 6.54 Å². The van der Waals surface area contributed by atoms with Crippen molar-refractivity contribution in [1.29, 1.82) is 0 Å². The largest absolute Gasteiger partial charge is 0.334 e. The van der Waals surface area contributed by atoms with Crippen molar-refractivity contribution in [3.05, 3.63) is 41.0 Å². The lowest BCUT2D eigenvalue weighted by Crippen LogP contribution is -2.34. The topological polar surface area (TPSA) is 33.2 Å². The number of benzene rings is 1. The fourth-order valence-electron chi connectivity index (χ4n) is 2.97. The van der Waals surface area contributed by atoms with E-state index in [0.29, 0.717) is 16.6 Å². The summed E-state index contributed by atoms with van der Waals surface area (Å²) in [4.78, 5) is 19.0. The molecule has 4 heteroatoms. The normalized spacial score (nSPS) is 22.4. The second-order valence-electron chi connectivity index (χ2n) is 5.65. The molecule has 0 spiro atoms. The fourth-order valence-corrected chi connectivity index (χ4v) is 3.24. The van der Waals surface area contributed by atoms with Gasteiger partial charge in [-0.3, -0.25) is 4.79 Å². The molecule has 1 fully saturated rings. The van der Waals surface area contributed by atoms with E-state index in [2.05, 4.69) is 18.8 Å². The summed E-state index contributed by atoms with van der Waals surface area (Å²) >= 11 is 6.27. The van der Waals surface area contributed by atoms with E-state index >= 15 is 0 Å². The lowest BCUT2D eigenvalue weighted by atomic mass is 10.1. The van der Waals surface area contributed by atoms with E-state index in [0.717, 1.165) is 23.9 Å². The highest BCUT2D eigenvalue weighted by Crippen LogP contribution is 2.27. The summed E-state index contributed by atoms with van der Waals surface area (Å²) in [6.07, 6.45) is 1.05. The summed E-state index contributed by atoms with van der Waals surface area (Å²) in [5, 5.41) is 1.47. The predicted molar refractivity (Wildman–Crippen MR) is 81.0 cm³/mol. The van der Waals surface area contributed by atoms with Crippen LogP contribution in [0, 0.1) is 5.92 Å². The molecule has 104 valence electrons. The van der Waals surface area contributed by atoms with Crippen LogP contribution in [0.5, 0.6) is 0 Å². The van der Waals surface area contributed by atoms with Crippen molar-refractivity contribution < 1.29 is 4.79 Å². The molecule has 3 nitrogen and oxygen atoms in total. The Morgan fingerprint density at radius 2 is 2.10 bits per heavy atom. The summed E-state index contributed by atoms with van der Waals surface area (Å²) in [5.41, 5.74) is 1.21. The molecule has 1 amide bonds. The summed E-state index contributed by atoms with van der Waals surface area (Å²) < 4.78 is 0. The average molecular weight is 289 g/mol. The van der Waals surface area contributed by atoms with Crippen LogP contribution in [-0.4, -0.2) is 28.4 Å². The number of halogens is 1. The van der Waals surface area contributed by atoms with Gasteiger partial charge in [0.1, 0.15) is 5.69 Å². The molecule has 1 saturated heterocycles. The van der Waals surface area contributed by atoms with Crippen molar-refractivity contribution in [2.24, 2.45) is 5.92 Å². The summed E-state index contributed by atoms with van der Waals surface area (Å²) in [6.45, 7) is 5.06. The zero-order chi connectivity index (χ0) is 14.3. The Kier molecular flexibility index (Phi) is 3.38. The quantitative estimate of drug-likeness (QED) is 0.800. The van der Waals surface area contributed by atoms with Gasteiger partial charge >= 0.3 is 0 Å². The minimum atomic E-state index is -0.0190. The maximum absolute atomic E-state index is 12.6. The van der Waals surface area contributed by atoms with E-state index in [1.807, 2.05) is 29.2 Å². The van der Waals surface area contributed by atoms with Gasteiger partial charge in [-0.15, -0.1) is 0 Å². The number of amides is 1. The van der Waals surface area contributed by atoms with Gasteiger partial charge in [-0.05, 0) is 31.4 Å². The number of carbonyl (C=O) groups excluding carboxylic acids is 1. The number of nitrogens with zero attached hydrogens (tertiary/aromatic N) is 2. The van der Waals surface area contributed by atoms with E-state index in [1.54, 1.807) is 6.07 Å². The Bertz CT molecular complexity index is 671. The molecular formula is C16H17ClN2O. The lowest BCUT2D eigenvalue weighted by molar-refractivity contribution is 0.0738. The van der Waals surface area contributed by atoms with Crippen molar-refractivity contribution in [2.45, 2.75) is 26.3 Å². The monoisotopic (exact) mass is 288 g/mol. The van der Waals surface area contributed by atoms with Gasteiger partial charge in [-0.1, -0.05) is 36.7 Å². The zero-order valence-electron chi connectivity index (χ0n) is 11.6. The Hall–Kier alpha value is -1.61. The molecule has 1 aliphatic rings. The molecule has 3 rings (SSSR count). The molecular weight excluding hydrogens is 272 g/mol. The number of pyridine rings is 1. The van der Waals surface area contributed by atoms with E-state index in [1.165, 1.54) is 0 Å². The molecule has 1 aliphatic heterocycles. The maximum Gasteiger partial charge on any atom is 0.272 e. The number of rotatable bonds is 1. The minimum absolute atomic E-state index is 0.0190. The third-order valence-electron chi connectivity index (χ3n) is 3.93. The minimum Gasteiger partial charge on any atom is -0.334 e. The Morgan fingerprint density at radius 3 is 2.80 bits per heavy atom. The molecule has 1 aromatic carbocycles. The van der Waals surface area contributed by atoms with Gasteiger partial charge in [0.05, 0.1) is 10.5 Å². The SMILES string of the molecule is CC1CC(C)N(C(=O)c2cc(Cl)c3ccccc3n2)C1. The number of hydrogen-bond acceptors (Lipinski definition) is 2. The zero-order valence-corrected chi connectivity index (χ0v) is 12.4. The number of carbonyl (C=O) groups is 1. The summed E-state index contributed by atoms with van der Waals surface area (Å²) in [6, 6.07) is 9.57. The standard InChI is InChI=1S/C16H17ClN2O/c1-10-7-11(2)19(9-10)16(20)15-8-13(17)12-5-3-4-6-14(12)18-15/h3-6,8,10-11H,7,9H2,1-2H3.